The molecule has 0 atom stereocenters. The maximum absolute atomic E-state index is 9.03. The van der Waals surface area contributed by atoms with E-state index < -0.39 is 0 Å². The van der Waals surface area contributed by atoms with Crippen molar-refractivity contribution in [2.45, 2.75) is 23.6 Å². The molecule has 0 radical (unpaired) electrons. The first-order valence-electron chi connectivity index (χ1n) is 5.45. The van der Waals surface area contributed by atoms with Gasteiger partial charge in [0.1, 0.15) is 6.07 Å². The summed E-state index contributed by atoms with van der Waals surface area (Å²) < 4.78 is 0. The molecule has 0 N–H and O–H groups in total. The fourth-order valence-electron chi connectivity index (χ4n) is 1.55. The molecule has 0 saturated carbocycles. The summed E-state index contributed by atoms with van der Waals surface area (Å²) >= 11 is 1.64. The molecule has 2 aromatic carbocycles. The summed E-state index contributed by atoms with van der Waals surface area (Å²) in [7, 11) is 0. The van der Waals surface area contributed by atoms with Gasteiger partial charge in [0.05, 0.1) is 5.56 Å². The normalized spacial score (nSPS) is 9.94. The summed E-state index contributed by atoms with van der Waals surface area (Å²) in [5.74, 6) is 0. The van der Waals surface area contributed by atoms with Crippen molar-refractivity contribution in [2.75, 3.05) is 0 Å². The van der Waals surface area contributed by atoms with Gasteiger partial charge < -0.3 is 0 Å². The van der Waals surface area contributed by atoms with Crippen LogP contribution in [0.15, 0.2) is 52.3 Å². The van der Waals surface area contributed by atoms with Crippen molar-refractivity contribution in [2.24, 2.45) is 0 Å². The molecule has 1 nitrogen and oxygen atoms in total. The van der Waals surface area contributed by atoms with E-state index in [9.17, 15) is 0 Å². The van der Waals surface area contributed by atoms with Crippen molar-refractivity contribution in [3.05, 3.63) is 59.2 Å². The summed E-state index contributed by atoms with van der Waals surface area (Å²) in [5.41, 5.74) is 3.31. The number of rotatable bonds is 2. The van der Waals surface area contributed by atoms with E-state index >= 15 is 0 Å². The van der Waals surface area contributed by atoms with Gasteiger partial charge in [0.2, 0.25) is 0 Å². The number of benzene rings is 2. The van der Waals surface area contributed by atoms with Crippen molar-refractivity contribution in [1.82, 2.24) is 0 Å². The van der Waals surface area contributed by atoms with Crippen molar-refractivity contribution in [3.63, 3.8) is 0 Å². The number of aryl methyl sites for hydroxylation is 2. The van der Waals surface area contributed by atoms with Gasteiger partial charge in [0.15, 0.2) is 0 Å². The molecule has 0 aliphatic carbocycles. The molecule has 17 heavy (non-hydrogen) atoms. The molecule has 0 aliphatic heterocycles. The minimum Gasteiger partial charge on any atom is -0.192 e. The van der Waals surface area contributed by atoms with Crippen LogP contribution in [0.2, 0.25) is 0 Å². The molecule has 0 fully saturated rings. The SMILES string of the molecule is Cc1ccc(Sc2ccccc2C#N)cc1C. The first-order valence-corrected chi connectivity index (χ1v) is 6.26. The Balaban J connectivity index is 2.32. The fourth-order valence-corrected chi connectivity index (χ4v) is 2.55. The van der Waals surface area contributed by atoms with E-state index in [0.717, 1.165) is 10.5 Å². The number of hydrogen-bond donors (Lipinski definition) is 0. The lowest BCUT2D eigenvalue weighted by Crippen LogP contribution is -1.83. The van der Waals surface area contributed by atoms with Crippen LogP contribution in [0, 0.1) is 25.2 Å². The van der Waals surface area contributed by atoms with Crippen molar-refractivity contribution >= 4 is 11.8 Å². The van der Waals surface area contributed by atoms with Gasteiger partial charge in [-0.05, 0) is 49.2 Å². The minimum absolute atomic E-state index is 0.732. The van der Waals surface area contributed by atoms with E-state index in [1.165, 1.54) is 16.0 Å². The van der Waals surface area contributed by atoms with E-state index in [2.05, 4.69) is 38.1 Å². The second-order valence-electron chi connectivity index (χ2n) is 3.96. The molecule has 0 amide bonds. The smallest absolute Gasteiger partial charge is 0.100 e. The summed E-state index contributed by atoms with van der Waals surface area (Å²) in [6, 6.07) is 16.3. The lowest BCUT2D eigenvalue weighted by molar-refractivity contribution is 1.27. The Morgan fingerprint density at radius 3 is 2.47 bits per heavy atom. The van der Waals surface area contributed by atoms with Crippen LogP contribution in [0.3, 0.4) is 0 Å². The molecule has 0 aliphatic rings. The zero-order valence-corrected chi connectivity index (χ0v) is 10.7. The molecule has 0 aromatic heterocycles. The summed E-state index contributed by atoms with van der Waals surface area (Å²) in [6.45, 7) is 4.21. The lowest BCUT2D eigenvalue weighted by atomic mass is 10.1. The van der Waals surface area contributed by atoms with E-state index in [4.69, 9.17) is 5.26 Å². The van der Waals surface area contributed by atoms with Gasteiger partial charge in [-0.3, -0.25) is 0 Å². The third kappa shape index (κ3) is 2.69. The van der Waals surface area contributed by atoms with E-state index in [1.807, 2.05) is 24.3 Å². The lowest BCUT2D eigenvalue weighted by Gasteiger charge is -2.06. The third-order valence-electron chi connectivity index (χ3n) is 2.71. The van der Waals surface area contributed by atoms with E-state index in [-0.39, 0.29) is 0 Å². The molecule has 0 spiro atoms. The number of hydrogen-bond acceptors (Lipinski definition) is 2. The van der Waals surface area contributed by atoms with Crippen molar-refractivity contribution in [1.29, 1.82) is 5.26 Å². The molecular weight excluding hydrogens is 226 g/mol. The van der Waals surface area contributed by atoms with Gasteiger partial charge in [-0.1, -0.05) is 30.0 Å². The Labute approximate surface area is 106 Å². The van der Waals surface area contributed by atoms with Gasteiger partial charge in [0.25, 0.3) is 0 Å². The maximum Gasteiger partial charge on any atom is 0.100 e. The predicted octanol–water partition coefficient (Wildman–Crippen LogP) is 4.33. The van der Waals surface area contributed by atoms with Gasteiger partial charge in [0, 0.05) is 9.79 Å². The highest BCUT2D eigenvalue weighted by atomic mass is 32.2. The molecule has 0 bridgehead atoms. The average molecular weight is 239 g/mol. The Kier molecular flexibility index (Phi) is 3.51. The highest BCUT2D eigenvalue weighted by Gasteiger charge is 2.03. The molecule has 2 aromatic rings. The molecule has 2 rings (SSSR count). The van der Waals surface area contributed by atoms with Crippen LogP contribution in [0.4, 0.5) is 0 Å². The second kappa shape index (κ2) is 5.07. The molecule has 0 heterocycles. The molecule has 2 heteroatoms. The molecule has 84 valence electrons. The van der Waals surface area contributed by atoms with Crippen molar-refractivity contribution in [3.8, 4) is 6.07 Å². The summed E-state index contributed by atoms with van der Waals surface area (Å²) in [5, 5.41) is 9.03. The Bertz CT molecular complexity index is 582. The van der Waals surface area contributed by atoms with E-state index in [1.54, 1.807) is 11.8 Å². The highest BCUT2D eigenvalue weighted by molar-refractivity contribution is 7.99. The Morgan fingerprint density at radius 1 is 1.00 bits per heavy atom. The Hall–Kier alpha value is -1.72. The van der Waals surface area contributed by atoms with Gasteiger partial charge in [-0.25, -0.2) is 0 Å². The van der Waals surface area contributed by atoms with Crippen LogP contribution in [-0.2, 0) is 0 Å². The zero-order valence-electron chi connectivity index (χ0n) is 9.90. The quantitative estimate of drug-likeness (QED) is 0.779. The largest absolute Gasteiger partial charge is 0.192 e. The highest BCUT2D eigenvalue weighted by Crippen LogP contribution is 2.31. The number of nitrogens with zero attached hydrogens (tertiary/aromatic N) is 1. The van der Waals surface area contributed by atoms with Gasteiger partial charge in [-0.15, -0.1) is 0 Å². The monoisotopic (exact) mass is 239 g/mol. The minimum atomic E-state index is 0.732. The van der Waals surface area contributed by atoms with Gasteiger partial charge in [-0.2, -0.15) is 5.26 Å². The fraction of sp³-hybridized carbons (Fsp3) is 0.133. The Morgan fingerprint density at radius 2 is 1.76 bits per heavy atom. The summed E-state index contributed by atoms with van der Waals surface area (Å²) in [6.07, 6.45) is 0. The standard InChI is InChI=1S/C15H13NS/c1-11-7-8-14(9-12(11)2)17-15-6-4-3-5-13(15)10-16/h3-9H,1-2H3. The first-order chi connectivity index (χ1) is 8.20. The van der Waals surface area contributed by atoms with Crippen LogP contribution in [0.1, 0.15) is 16.7 Å². The molecule has 0 unspecified atom stereocenters. The molecule has 0 saturated heterocycles. The average Bonchev–Trinajstić information content (AvgIpc) is 2.34. The van der Waals surface area contributed by atoms with Crippen LogP contribution in [-0.4, -0.2) is 0 Å². The van der Waals surface area contributed by atoms with E-state index in [0.29, 0.717) is 0 Å². The second-order valence-corrected chi connectivity index (χ2v) is 5.07. The first kappa shape index (κ1) is 11.8. The third-order valence-corrected chi connectivity index (χ3v) is 3.78. The van der Waals surface area contributed by atoms with Gasteiger partial charge >= 0.3 is 0 Å². The predicted molar refractivity (Wildman–Crippen MR) is 71.2 cm³/mol. The van der Waals surface area contributed by atoms with Crippen LogP contribution in [0.5, 0.6) is 0 Å². The van der Waals surface area contributed by atoms with Crippen molar-refractivity contribution < 1.29 is 0 Å². The van der Waals surface area contributed by atoms with Crippen LogP contribution in [0.25, 0.3) is 0 Å². The van der Waals surface area contributed by atoms with Crippen LogP contribution < -0.4 is 0 Å². The summed E-state index contributed by atoms with van der Waals surface area (Å²) in [4.78, 5) is 2.19. The number of nitriles is 1. The zero-order chi connectivity index (χ0) is 12.3. The van der Waals surface area contributed by atoms with Crippen LogP contribution >= 0.6 is 11.8 Å². The maximum atomic E-state index is 9.03. The molecular formula is C15H13NS. The topological polar surface area (TPSA) is 23.8 Å².